The Morgan fingerprint density at radius 1 is 0.489 bits per heavy atom. The molecule has 2 heterocycles. The van der Waals surface area contributed by atoms with E-state index in [2.05, 4.69) is 84.9 Å². The molecule has 4 saturated carbocycles. The van der Waals surface area contributed by atoms with Crippen LogP contribution < -0.4 is 0 Å². The Labute approximate surface area is 273 Å². The minimum Gasteiger partial charge on any atom is -0.455 e. The number of para-hydroxylation sites is 2. The van der Waals surface area contributed by atoms with Gasteiger partial charge in [-0.05, 0) is 96.2 Å². The van der Waals surface area contributed by atoms with E-state index in [-0.39, 0.29) is 5.41 Å². The SMILES string of the molecule is c1ccc(-c2nc(-c3ccc4c(c3)C3(c5ccccc5-4)C4CC5CC(C4)CC3C5)nc(-c3cccc4c3oc3ccccc34)n2)cc1. The van der Waals surface area contributed by atoms with Gasteiger partial charge in [0.1, 0.15) is 11.2 Å². The molecule has 226 valence electrons. The molecule has 5 aliphatic rings. The smallest absolute Gasteiger partial charge is 0.167 e. The Kier molecular flexibility index (Phi) is 5.25. The molecular formula is C43H33N3O. The molecular weight excluding hydrogens is 574 g/mol. The molecule has 0 N–H and O–H groups in total. The van der Waals surface area contributed by atoms with E-state index < -0.39 is 0 Å². The van der Waals surface area contributed by atoms with E-state index in [9.17, 15) is 0 Å². The molecule has 0 atom stereocenters. The summed E-state index contributed by atoms with van der Waals surface area (Å²) in [6.45, 7) is 0. The van der Waals surface area contributed by atoms with Gasteiger partial charge in [-0.2, -0.15) is 0 Å². The van der Waals surface area contributed by atoms with Crippen molar-refractivity contribution in [1.82, 2.24) is 15.0 Å². The van der Waals surface area contributed by atoms with Crippen molar-refractivity contribution in [1.29, 1.82) is 0 Å². The number of hydrogen-bond acceptors (Lipinski definition) is 4. The Morgan fingerprint density at radius 2 is 1.13 bits per heavy atom. The molecule has 0 aliphatic heterocycles. The van der Waals surface area contributed by atoms with Crippen molar-refractivity contribution in [2.75, 3.05) is 0 Å². The number of hydrogen-bond donors (Lipinski definition) is 0. The van der Waals surface area contributed by atoms with Crippen molar-refractivity contribution >= 4 is 21.9 Å². The molecule has 0 unspecified atom stereocenters. The zero-order chi connectivity index (χ0) is 30.7. The average Bonchev–Trinajstić information content (AvgIpc) is 3.64. The number of fused-ring (bicyclic) bond motifs is 6. The Balaban J connectivity index is 1.13. The highest BCUT2D eigenvalue weighted by Gasteiger charge is 2.61. The molecule has 4 bridgehead atoms. The Morgan fingerprint density at radius 3 is 1.96 bits per heavy atom. The minimum atomic E-state index is 0.0906. The molecule has 7 aromatic rings. The molecule has 47 heavy (non-hydrogen) atoms. The lowest BCUT2D eigenvalue weighted by atomic mass is 9.43. The van der Waals surface area contributed by atoms with E-state index in [0.29, 0.717) is 29.3 Å². The summed E-state index contributed by atoms with van der Waals surface area (Å²) in [5.74, 6) is 5.23. The van der Waals surface area contributed by atoms with Gasteiger partial charge in [-0.3, -0.25) is 0 Å². The molecule has 4 nitrogen and oxygen atoms in total. The van der Waals surface area contributed by atoms with Gasteiger partial charge in [0.2, 0.25) is 0 Å². The molecule has 1 spiro atoms. The van der Waals surface area contributed by atoms with Crippen molar-refractivity contribution in [3.63, 3.8) is 0 Å². The van der Waals surface area contributed by atoms with Crippen LogP contribution in [0.5, 0.6) is 0 Å². The lowest BCUT2D eigenvalue weighted by Crippen LogP contribution is -2.55. The van der Waals surface area contributed by atoms with E-state index in [0.717, 1.165) is 50.5 Å². The maximum Gasteiger partial charge on any atom is 0.167 e. The molecule has 4 heteroatoms. The predicted octanol–water partition coefficient (Wildman–Crippen LogP) is 10.5. The van der Waals surface area contributed by atoms with Crippen molar-refractivity contribution in [2.45, 2.75) is 37.5 Å². The van der Waals surface area contributed by atoms with Gasteiger partial charge in [0, 0.05) is 27.3 Å². The molecule has 0 saturated heterocycles. The van der Waals surface area contributed by atoms with E-state index in [1.54, 1.807) is 5.56 Å². The van der Waals surface area contributed by atoms with Crippen LogP contribution in [-0.2, 0) is 5.41 Å². The fourth-order valence-electron chi connectivity index (χ4n) is 10.6. The highest BCUT2D eigenvalue weighted by molar-refractivity contribution is 6.09. The van der Waals surface area contributed by atoms with Crippen LogP contribution in [0.3, 0.4) is 0 Å². The summed E-state index contributed by atoms with van der Waals surface area (Å²) < 4.78 is 6.45. The Hall–Kier alpha value is -5.09. The van der Waals surface area contributed by atoms with Crippen molar-refractivity contribution in [3.8, 4) is 45.3 Å². The summed E-state index contributed by atoms with van der Waals surface area (Å²) in [6.07, 6.45) is 6.90. The summed E-state index contributed by atoms with van der Waals surface area (Å²) in [7, 11) is 0. The van der Waals surface area contributed by atoms with E-state index in [1.807, 2.05) is 30.3 Å². The van der Waals surface area contributed by atoms with E-state index in [1.165, 1.54) is 48.8 Å². The molecule has 5 aliphatic carbocycles. The van der Waals surface area contributed by atoms with Gasteiger partial charge in [0.15, 0.2) is 17.5 Å². The third-order valence-corrected chi connectivity index (χ3v) is 12.1. The van der Waals surface area contributed by atoms with Gasteiger partial charge in [-0.25, -0.2) is 15.0 Å². The van der Waals surface area contributed by atoms with Gasteiger partial charge in [0.25, 0.3) is 0 Å². The second kappa shape index (κ2) is 9.48. The van der Waals surface area contributed by atoms with Gasteiger partial charge in [0.05, 0.1) is 5.56 Å². The summed E-state index contributed by atoms with van der Waals surface area (Å²) >= 11 is 0. The Bertz CT molecular complexity index is 2360. The first-order chi connectivity index (χ1) is 23.2. The molecule has 0 radical (unpaired) electrons. The first-order valence-electron chi connectivity index (χ1n) is 17.2. The maximum absolute atomic E-state index is 6.45. The van der Waals surface area contributed by atoms with Gasteiger partial charge < -0.3 is 4.42 Å². The summed E-state index contributed by atoms with van der Waals surface area (Å²) in [5.41, 5.74) is 10.6. The van der Waals surface area contributed by atoms with Crippen LogP contribution in [0.25, 0.3) is 67.2 Å². The van der Waals surface area contributed by atoms with Crippen LogP contribution in [0.2, 0.25) is 0 Å². The second-order valence-electron chi connectivity index (χ2n) is 14.4. The standard InChI is InChI=1S/C43H33N3O/c1-2-9-27(10-3-1)40-44-41(46-42(45-40)35-14-8-13-34-33-12-5-7-16-38(33)47-39(34)35)28-17-18-32-31-11-4-6-15-36(31)43(37(32)24-28)29-20-25-19-26(22-29)23-30(43)21-25/h1-18,24-26,29-30H,19-23H2. The number of benzene rings is 5. The maximum atomic E-state index is 6.45. The van der Waals surface area contributed by atoms with Crippen molar-refractivity contribution < 1.29 is 4.42 Å². The number of nitrogens with zero attached hydrogens (tertiary/aromatic N) is 3. The second-order valence-corrected chi connectivity index (χ2v) is 14.4. The zero-order valence-electron chi connectivity index (χ0n) is 26.1. The molecule has 5 aromatic carbocycles. The fraction of sp³-hybridized carbons (Fsp3) is 0.233. The molecule has 4 fully saturated rings. The predicted molar refractivity (Wildman–Crippen MR) is 187 cm³/mol. The number of furan rings is 1. The minimum absolute atomic E-state index is 0.0906. The molecule has 2 aromatic heterocycles. The summed E-state index contributed by atoms with van der Waals surface area (Å²) in [5, 5.41) is 2.17. The quantitative estimate of drug-likeness (QED) is 0.201. The molecule has 0 amide bonds. The largest absolute Gasteiger partial charge is 0.455 e. The van der Waals surface area contributed by atoms with E-state index in [4.69, 9.17) is 19.4 Å². The first-order valence-corrected chi connectivity index (χ1v) is 17.2. The lowest BCUT2D eigenvalue weighted by molar-refractivity contribution is -0.0399. The summed E-state index contributed by atoms with van der Waals surface area (Å²) in [6, 6.07) is 41.1. The van der Waals surface area contributed by atoms with Gasteiger partial charge in [-0.15, -0.1) is 0 Å². The van der Waals surface area contributed by atoms with Crippen LogP contribution >= 0.6 is 0 Å². The van der Waals surface area contributed by atoms with Crippen molar-refractivity contribution in [3.05, 3.63) is 126 Å². The van der Waals surface area contributed by atoms with Gasteiger partial charge >= 0.3 is 0 Å². The van der Waals surface area contributed by atoms with Crippen molar-refractivity contribution in [2.24, 2.45) is 23.7 Å². The third-order valence-electron chi connectivity index (χ3n) is 12.1. The van der Waals surface area contributed by atoms with Crippen LogP contribution in [-0.4, -0.2) is 15.0 Å². The summed E-state index contributed by atoms with van der Waals surface area (Å²) in [4.78, 5) is 15.5. The highest BCUT2D eigenvalue weighted by Crippen LogP contribution is 2.69. The fourth-order valence-corrected chi connectivity index (χ4v) is 10.6. The van der Waals surface area contributed by atoms with Crippen LogP contribution in [0.4, 0.5) is 0 Å². The third kappa shape index (κ3) is 3.56. The highest BCUT2D eigenvalue weighted by atomic mass is 16.3. The lowest BCUT2D eigenvalue weighted by Gasteiger charge is -2.61. The van der Waals surface area contributed by atoms with Crippen LogP contribution in [0.1, 0.15) is 43.2 Å². The molecule has 12 rings (SSSR count). The van der Waals surface area contributed by atoms with Crippen LogP contribution in [0.15, 0.2) is 120 Å². The van der Waals surface area contributed by atoms with E-state index >= 15 is 0 Å². The van der Waals surface area contributed by atoms with Crippen LogP contribution in [0, 0.1) is 23.7 Å². The first kappa shape index (κ1) is 26.0. The van der Waals surface area contributed by atoms with Gasteiger partial charge in [-0.1, -0.05) is 97.1 Å². The topological polar surface area (TPSA) is 51.8 Å². The average molecular weight is 608 g/mol. The number of rotatable bonds is 3. The zero-order valence-corrected chi connectivity index (χ0v) is 26.1. The number of aromatic nitrogens is 3. The normalized spacial score (nSPS) is 25.1. The monoisotopic (exact) mass is 607 g/mol.